The third-order valence-corrected chi connectivity index (χ3v) is 4.01. The average molecular weight is 345 g/mol. The van der Waals surface area contributed by atoms with Gasteiger partial charge in [-0.15, -0.1) is 0 Å². The zero-order valence-corrected chi connectivity index (χ0v) is 14.1. The highest BCUT2D eigenvalue weighted by Crippen LogP contribution is 2.38. The second-order valence-corrected chi connectivity index (χ2v) is 5.80. The number of rotatable bonds is 5. The van der Waals surface area contributed by atoms with Crippen molar-refractivity contribution in [3.8, 4) is 16.9 Å². The smallest absolute Gasteiger partial charge is 0.138 e. The lowest BCUT2D eigenvalue weighted by molar-refractivity contribution is 0.415. The zero-order valence-electron chi connectivity index (χ0n) is 11.8. The van der Waals surface area contributed by atoms with Gasteiger partial charge in [0.1, 0.15) is 5.75 Å². The lowest BCUT2D eigenvalue weighted by atomic mass is 9.99. The van der Waals surface area contributed by atoms with Crippen LogP contribution in [0, 0.1) is 0 Å². The van der Waals surface area contributed by atoms with Gasteiger partial charge in [-0.1, -0.05) is 47.8 Å². The molecule has 2 aromatic rings. The van der Waals surface area contributed by atoms with E-state index in [1.54, 1.807) is 13.2 Å². The molecule has 0 unspecified atom stereocenters. The van der Waals surface area contributed by atoms with Crippen LogP contribution in [0.25, 0.3) is 11.1 Å². The molecule has 0 heterocycles. The van der Waals surface area contributed by atoms with E-state index in [-0.39, 0.29) is 0 Å². The predicted molar refractivity (Wildman–Crippen MR) is 90.8 cm³/mol. The summed E-state index contributed by atoms with van der Waals surface area (Å²) < 4.78 is 5.18. The van der Waals surface area contributed by atoms with Crippen LogP contribution in [0.2, 0.25) is 15.1 Å². The zero-order chi connectivity index (χ0) is 15.4. The van der Waals surface area contributed by atoms with Gasteiger partial charge in [-0.3, -0.25) is 0 Å². The Labute approximate surface area is 140 Å². The maximum atomic E-state index is 6.37. The minimum absolute atomic E-state index is 0.520. The van der Waals surface area contributed by atoms with Gasteiger partial charge >= 0.3 is 0 Å². The van der Waals surface area contributed by atoms with E-state index < -0.39 is 0 Å². The quantitative estimate of drug-likeness (QED) is 0.780. The third-order valence-electron chi connectivity index (χ3n) is 3.17. The summed E-state index contributed by atoms with van der Waals surface area (Å²) in [4.78, 5) is 0. The molecule has 0 atom stereocenters. The van der Waals surface area contributed by atoms with Crippen LogP contribution in [0.4, 0.5) is 0 Å². The first-order valence-electron chi connectivity index (χ1n) is 6.59. The highest BCUT2D eigenvalue weighted by atomic mass is 35.5. The number of ether oxygens (including phenoxy) is 1. The van der Waals surface area contributed by atoms with E-state index in [1.165, 1.54) is 0 Å². The molecule has 0 fully saturated rings. The molecule has 0 aliphatic rings. The molecule has 1 N–H and O–H groups in total. The molecule has 112 valence electrons. The molecule has 21 heavy (non-hydrogen) atoms. The monoisotopic (exact) mass is 343 g/mol. The molecule has 5 heteroatoms. The average Bonchev–Trinajstić information content (AvgIpc) is 2.48. The first-order chi connectivity index (χ1) is 10.1. The Balaban J connectivity index is 2.54. The largest absolute Gasteiger partial charge is 0.495 e. The van der Waals surface area contributed by atoms with E-state index in [9.17, 15) is 0 Å². The highest BCUT2D eigenvalue weighted by molar-refractivity contribution is 6.36. The molecule has 0 spiro atoms. The minimum Gasteiger partial charge on any atom is -0.495 e. The summed E-state index contributed by atoms with van der Waals surface area (Å²) >= 11 is 18.7. The molecule has 2 aromatic carbocycles. The Hall–Kier alpha value is -0.930. The number of benzene rings is 2. The summed E-state index contributed by atoms with van der Waals surface area (Å²) in [6.45, 7) is 3.69. The van der Waals surface area contributed by atoms with E-state index in [0.29, 0.717) is 20.8 Å². The fourth-order valence-electron chi connectivity index (χ4n) is 2.10. The van der Waals surface area contributed by atoms with Crippen LogP contribution < -0.4 is 10.1 Å². The van der Waals surface area contributed by atoms with Crippen LogP contribution in [-0.4, -0.2) is 13.7 Å². The van der Waals surface area contributed by atoms with Crippen molar-refractivity contribution in [1.82, 2.24) is 5.32 Å². The van der Waals surface area contributed by atoms with Gasteiger partial charge in [-0.05, 0) is 35.9 Å². The normalized spacial score (nSPS) is 10.7. The fourth-order valence-corrected chi connectivity index (χ4v) is 2.77. The predicted octanol–water partition coefficient (Wildman–Crippen LogP) is 5.43. The lowest BCUT2D eigenvalue weighted by Crippen LogP contribution is -2.12. The van der Waals surface area contributed by atoms with Crippen molar-refractivity contribution < 1.29 is 4.74 Å². The van der Waals surface area contributed by atoms with Crippen molar-refractivity contribution in [2.75, 3.05) is 13.7 Å². The van der Waals surface area contributed by atoms with E-state index in [4.69, 9.17) is 39.5 Å². The maximum absolute atomic E-state index is 6.37. The fraction of sp³-hybridized carbons (Fsp3) is 0.250. The van der Waals surface area contributed by atoms with Crippen molar-refractivity contribution in [3.05, 3.63) is 51.0 Å². The molecule has 0 saturated heterocycles. The Morgan fingerprint density at radius 1 is 1.00 bits per heavy atom. The lowest BCUT2D eigenvalue weighted by Gasteiger charge is -2.14. The third kappa shape index (κ3) is 3.83. The van der Waals surface area contributed by atoms with Crippen LogP contribution in [0.3, 0.4) is 0 Å². The van der Waals surface area contributed by atoms with Crippen molar-refractivity contribution >= 4 is 34.8 Å². The van der Waals surface area contributed by atoms with Crippen molar-refractivity contribution in [3.63, 3.8) is 0 Å². The molecule has 0 amide bonds. The van der Waals surface area contributed by atoms with Gasteiger partial charge in [0.05, 0.1) is 17.2 Å². The van der Waals surface area contributed by atoms with Gasteiger partial charge in [-0.2, -0.15) is 0 Å². The summed E-state index contributed by atoms with van der Waals surface area (Å²) in [5, 5.41) is 5.07. The molecule has 2 rings (SSSR count). The number of nitrogens with one attached hydrogen (secondary N) is 1. The maximum Gasteiger partial charge on any atom is 0.138 e. The number of hydrogen-bond acceptors (Lipinski definition) is 2. The molecule has 0 aliphatic carbocycles. The van der Waals surface area contributed by atoms with Crippen molar-refractivity contribution in [2.45, 2.75) is 13.5 Å². The second kappa shape index (κ2) is 7.37. The summed E-state index contributed by atoms with van der Waals surface area (Å²) in [5.41, 5.74) is 2.93. The Kier molecular flexibility index (Phi) is 5.77. The highest BCUT2D eigenvalue weighted by Gasteiger charge is 2.13. The number of methoxy groups -OCH3 is 1. The van der Waals surface area contributed by atoms with Gasteiger partial charge in [0, 0.05) is 23.2 Å². The van der Waals surface area contributed by atoms with Crippen molar-refractivity contribution in [2.24, 2.45) is 0 Å². The molecular formula is C16H16Cl3NO. The van der Waals surface area contributed by atoms with E-state index in [2.05, 4.69) is 12.2 Å². The van der Waals surface area contributed by atoms with Crippen LogP contribution in [-0.2, 0) is 6.54 Å². The number of halogens is 3. The molecule has 0 bridgehead atoms. The number of hydrogen-bond donors (Lipinski definition) is 1. The summed E-state index contributed by atoms with van der Waals surface area (Å²) in [6, 6.07) is 9.30. The molecule has 0 saturated carbocycles. The summed E-state index contributed by atoms with van der Waals surface area (Å²) in [7, 11) is 1.56. The summed E-state index contributed by atoms with van der Waals surface area (Å²) in [5.74, 6) is 0.556. The van der Waals surface area contributed by atoms with Crippen LogP contribution >= 0.6 is 34.8 Å². The standard InChI is InChI=1S/C16H16Cl3NO/c1-3-20-9-10-4-5-11(17)6-12(10)13-7-15(19)16(21-2)8-14(13)18/h4-8,20H,3,9H2,1-2H3. The Morgan fingerprint density at radius 3 is 2.43 bits per heavy atom. The first-order valence-corrected chi connectivity index (χ1v) is 7.72. The molecule has 0 radical (unpaired) electrons. The second-order valence-electron chi connectivity index (χ2n) is 4.55. The van der Waals surface area contributed by atoms with Crippen LogP contribution in [0.5, 0.6) is 5.75 Å². The van der Waals surface area contributed by atoms with Crippen LogP contribution in [0.15, 0.2) is 30.3 Å². The molecule has 2 nitrogen and oxygen atoms in total. The van der Waals surface area contributed by atoms with Gasteiger partial charge in [0.2, 0.25) is 0 Å². The first kappa shape index (κ1) is 16.4. The molecule has 0 aliphatic heterocycles. The Bertz CT molecular complexity index is 644. The van der Waals surface area contributed by atoms with Crippen molar-refractivity contribution in [1.29, 1.82) is 0 Å². The van der Waals surface area contributed by atoms with Gasteiger partial charge in [0.15, 0.2) is 0 Å². The van der Waals surface area contributed by atoms with E-state index in [1.807, 2.05) is 24.3 Å². The van der Waals surface area contributed by atoms with Crippen LogP contribution in [0.1, 0.15) is 12.5 Å². The Morgan fingerprint density at radius 2 is 1.76 bits per heavy atom. The molecule has 0 aromatic heterocycles. The minimum atomic E-state index is 0.520. The SMILES string of the molecule is CCNCc1ccc(Cl)cc1-c1cc(Cl)c(OC)cc1Cl. The van der Waals surface area contributed by atoms with Gasteiger partial charge in [0.25, 0.3) is 0 Å². The topological polar surface area (TPSA) is 21.3 Å². The molecular weight excluding hydrogens is 329 g/mol. The van der Waals surface area contributed by atoms with Gasteiger partial charge in [-0.25, -0.2) is 0 Å². The van der Waals surface area contributed by atoms with Gasteiger partial charge < -0.3 is 10.1 Å². The van der Waals surface area contributed by atoms with E-state index >= 15 is 0 Å². The summed E-state index contributed by atoms with van der Waals surface area (Å²) in [6.07, 6.45) is 0. The van der Waals surface area contributed by atoms with E-state index in [0.717, 1.165) is 29.8 Å².